The second-order valence-electron chi connectivity index (χ2n) is 12.3. The summed E-state index contributed by atoms with van der Waals surface area (Å²) < 4.78 is 22.4. The fourth-order valence-corrected chi connectivity index (χ4v) is 5.40. The molecule has 0 aliphatic carbocycles. The Morgan fingerprint density at radius 3 is 2.51 bits per heavy atom. The van der Waals surface area contributed by atoms with E-state index >= 15 is 0 Å². The number of piperazine rings is 1. The quantitative estimate of drug-likeness (QED) is 0.396. The van der Waals surface area contributed by atoms with Gasteiger partial charge >= 0.3 is 6.09 Å². The molecule has 2 aromatic heterocycles. The molecule has 6 rings (SSSR count). The first-order valence-electron chi connectivity index (χ1n) is 15.1. The summed E-state index contributed by atoms with van der Waals surface area (Å²) in [6, 6.07) is 13.8. The lowest BCUT2D eigenvalue weighted by Crippen LogP contribution is -2.57. The number of nitriles is 1. The summed E-state index contributed by atoms with van der Waals surface area (Å²) in [4.78, 5) is 32.3. The molecule has 0 bridgehead atoms. The molecule has 3 saturated heterocycles. The zero-order chi connectivity index (χ0) is 31.6. The molecule has 3 aromatic rings. The van der Waals surface area contributed by atoms with Crippen molar-refractivity contribution in [1.29, 1.82) is 5.26 Å². The SMILES string of the molecule is COc1nc(Nc2nccc(-c3ccc(OC4CN(C(=O)OC(C)(C)C)C4)c(C#N)c3)n2)ccc1N1CCN(C2COC2)CC1. The predicted octanol–water partition coefficient (Wildman–Crippen LogP) is 3.68. The van der Waals surface area contributed by atoms with Gasteiger partial charge in [0, 0.05) is 37.9 Å². The van der Waals surface area contributed by atoms with Crippen molar-refractivity contribution in [2.75, 3.05) is 69.8 Å². The molecule has 0 unspecified atom stereocenters. The number of ether oxygens (including phenoxy) is 4. The molecular weight excluding hydrogens is 576 g/mol. The lowest BCUT2D eigenvalue weighted by molar-refractivity contribution is -0.0660. The summed E-state index contributed by atoms with van der Waals surface area (Å²) in [6.45, 7) is 11.7. The molecule has 0 saturated carbocycles. The van der Waals surface area contributed by atoms with E-state index in [1.165, 1.54) is 0 Å². The van der Waals surface area contributed by atoms with Crippen LogP contribution in [0.4, 0.5) is 22.2 Å². The second-order valence-corrected chi connectivity index (χ2v) is 12.3. The van der Waals surface area contributed by atoms with Crippen LogP contribution in [0.15, 0.2) is 42.6 Å². The Labute approximate surface area is 262 Å². The van der Waals surface area contributed by atoms with Gasteiger partial charge < -0.3 is 34.1 Å². The smallest absolute Gasteiger partial charge is 0.410 e. The lowest BCUT2D eigenvalue weighted by atomic mass is 10.1. The van der Waals surface area contributed by atoms with Crippen LogP contribution in [0.3, 0.4) is 0 Å². The number of likely N-dealkylation sites (tertiary alicyclic amines) is 1. The van der Waals surface area contributed by atoms with Crippen molar-refractivity contribution in [3.8, 4) is 29.0 Å². The van der Waals surface area contributed by atoms with E-state index in [1.54, 1.807) is 36.4 Å². The van der Waals surface area contributed by atoms with Crippen LogP contribution in [-0.4, -0.2) is 108 Å². The molecular formula is C32H38N8O5. The number of amides is 1. The Balaban J connectivity index is 1.09. The van der Waals surface area contributed by atoms with Crippen LogP contribution in [0.25, 0.3) is 11.3 Å². The minimum atomic E-state index is -0.557. The van der Waals surface area contributed by atoms with E-state index in [4.69, 9.17) is 18.9 Å². The van der Waals surface area contributed by atoms with Gasteiger partial charge in [0.2, 0.25) is 11.8 Å². The summed E-state index contributed by atoms with van der Waals surface area (Å²) in [5.41, 5.74) is 2.14. The summed E-state index contributed by atoms with van der Waals surface area (Å²) >= 11 is 0. The Kier molecular flexibility index (Phi) is 8.60. The third kappa shape index (κ3) is 7.02. The maximum Gasteiger partial charge on any atom is 0.410 e. The first kappa shape index (κ1) is 30.4. The van der Waals surface area contributed by atoms with E-state index in [0.29, 0.717) is 53.8 Å². The van der Waals surface area contributed by atoms with E-state index in [-0.39, 0.29) is 12.2 Å². The Hall–Kier alpha value is -4.67. The van der Waals surface area contributed by atoms with Gasteiger partial charge in [-0.15, -0.1) is 0 Å². The van der Waals surface area contributed by atoms with Gasteiger partial charge in [-0.05, 0) is 57.2 Å². The highest BCUT2D eigenvalue weighted by molar-refractivity contribution is 5.69. The molecule has 0 atom stereocenters. The lowest BCUT2D eigenvalue weighted by Gasteiger charge is -2.43. The minimum absolute atomic E-state index is 0.215. The molecule has 1 N–H and O–H groups in total. The monoisotopic (exact) mass is 614 g/mol. The molecule has 236 valence electrons. The number of nitrogens with one attached hydrogen (secondary N) is 1. The van der Waals surface area contributed by atoms with Crippen LogP contribution < -0.4 is 19.7 Å². The van der Waals surface area contributed by atoms with E-state index in [0.717, 1.165) is 50.6 Å². The van der Waals surface area contributed by atoms with Crippen molar-refractivity contribution in [1.82, 2.24) is 24.8 Å². The van der Waals surface area contributed by atoms with Crippen LogP contribution in [0.2, 0.25) is 0 Å². The number of nitrogens with zero attached hydrogens (tertiary/aromatic N) is 7. The number of pyridine rings is 1. The summed E-state index contributed by atoms with van der Waals surface area (Å²) in [5, 5.41) is 13.0. The van der Waals surface area contributed by atoms with Crippen LogP contribution in [0, 0.1) is 11.3 Å². The average Bonchev–Trinajstić information content (AvgIpc) is 2.97. The van der Waals surface area contributed by atoms with Gasteiger partial charge in [-0.3, -0.25) is 4.90 Å². The molecule has 5 heterocycles. The van der Waals surface area contributed by atoms with Crippen molar-refractivity contribution in [2.45, 2.75) is 38.5 Å². The second kappa shape index (κ2) is 12.7. The van der Waals surface area contributed by atoms with Crippen molar-refractivity contribution >= 4 is 23.5 Å². The first-order valence-corrected chi connectivity index (χ1v) is 15.1. The minimum Gasteiger partial charge on any atom is -0.485 e. The number of hydrogen-bond donors (Lipinski definition) is 1. The Morgan fingerprint density at radius 1 is 1.07 bits per heavy atom. The third-order valence-electron chi connectivity index (χ3n) is 7.91. The van der Waals surface area contributed by atoms with Crippen LogP contribution in [-0.2, 0) is 9.47 Å². The third-order valence-corrected chi connectivity index (χ3v) is 7.91. The maximum absolute atomic E-state index is 12.2. The van der Waals surface area contributed by atoms with Crippen LogP contribution in [0.1, 0.15) is 26.3 Å². The van der Waals surface area contributed by atoms with Crippen molar-refractivity contribution in [3.05, 3.63) is 48.2 Å². The number of anilines is 3. The van der Waals surface area contributed by atoms with Gasteiger partial charge in [-0.1, -0.05) is 0 Å². The fraction of sp³-hybridized carbons (Fsp3) is 0.469. The van der Waals surface area contributed by atoms with Gasteiger partial charge in [-0.2, -0.15) is 10.2 Å². The fourth-order valence-electron chi connectivity index (χ4n) is 5.40. The van der Waals surface area contributed by atoms with Gasteiger partial charge in [0.25, 0.3) is 0 Å². The Morgan fingerprint density at radius 2 is 1.84 bits per heavy atom. The van der Waals surface area contributed by atoms with Crippen LogP contribution >= 0.6 is 0 Å². The van der Waals surface area contributed by atoms with E-state index in [9.17, 15) is 10.1 Å². The highest BCUT2D eigenvalue weighted by atomic mass is 16.6. The normalized spacial score (nSPS) is 17.6. The summed E-state index contributed by atoms with van der Waals surface area (Å²) in [6.07, 6.45) is 1.07. The molecule has 0 radical (unpaired) electrons. The number of aromatic nitrogens is 3. The van der Waals surface area contributed by atoms with Crippen LogP contribution in [0.5, 0.6) is 11.6 Å². The molecule has 3 aliphatic rings. The maximum atomic E-state index is 12.2. The molecule has 3 aliphatic heterocycles. The molecule has 1 aromatic carbocycles. The molecule has 1 amide bonds. The summed E-state index contributed by atoms with van der Waals surface area (Å²) in [7, 11) is 1.62. The number of carbonyl (C=O) groups is 1. The molecule has 3 fully saturated rings. The van der Waals surface area contributed by atoms with Gasteiger partial charge in [0.05, 0.1) is 50.7 Å². The van der Waals surface area contributed by atoms with Gasteiger partial charge in [-0.25, -0.2) is 14.8 Å². The highest BCUT2D eigenvalue weighted by Gasteiger charge is 2.35. The standard InChI is InChI=1S/C32H38N8O5/c1-32(2,3)45-31(41)40-17-24(18-40)44-27-7-5-21(15-22(27)16-33)25-9-10-34-30(35-25)37-28-8-6-26(29(36-28)42-4)39-13-11-38(12-14-39)23-19-43-20-23/h5-10,15,23-24H,11-14,17-20H2,1-4H3,(H,34,35,36,37). The Bertz CT molecular complexity index is 1570. The first-order chi connectivity index (χ1) is 21.7. The molecule has 13 nitrogen and oxygen atoms in total. The van der Waals surface area contributed by atoms with Crippen molar-refractivity contribution < 1.29 is 23.7 Å². The molecule has 0 spiro atoms. The number of carbonyl (C=O) groups excluding carboxylic acids is 1. The number of hydrogen-bond acceptors (Lipinski definition) is 12. The van der Waals surface area contributed by atoms with Gasteiger partial charge in [0.1, 0.15) is 35.0 Å². The number of rotatable bonds is 8. The zero-order valence-electron chi connectivity index (χ0n) is 26.0. The molecule has 45 heavy (non-hydrogen) atoms. The largest absolute Gasteiger partial charge is 0.485 e. The van der Waals surface area contributed by atoms with E-state index in [2.05, 4.69) is 36.1 Å². The van der Waals surface area contributed by atoms with E-state index < -0.39 is 5.60 Å². The number of benzene rings is 1. The van der Waals surface area contributed by atoms with Gasteiger partial charge in [0.15, 0.2) is 0 Å². The highest BCUT2D eigenvalue weighted by Crippen LogP contribution is 2.31. The molecule has 13 heteroatoms. The van der Waals surface area contributed by atoms with Crippen molar-refractivity contribution in [3.63, 3.8) is 0 Å². The predicted molar refractivity (Wildman–Crippen MR) is 167 cm³/mol. The summed E-state index contributed by atoms with van der Waals surface area (Å²) in [5.74, 6) is 1.91. The average molecular weight is 615 g/mol. The topological polar surface area (TPSA) is 138 Å². The zero-order valence-corrected chi connectivity index (χ0v) is 26.0. The number of methoxy groups -OCH3 is 1. The van der Waals surface area contributed by atoms with Crippen molar-refractivity contribution in [2.24, 2.45) is 0 Å². The van der Waals surface area contributed by atoms with E-state index in [1.807, 2.05) is 39.0 Å².